The van der Waals surface area contributed by atoms with Crippen LogP contribution in [0.3, 0.4) is 0 Å². The molecule has 0 N–H and O–H groups in total. The van der Waals surface area contributed by atoms with Gasteiger partial charge < -0.3 is 4.52 Å². The SMILES string of the molecule is FCC=Cc1conn1. The first-order valence-electron chi connectivity index (χ1n) is 2.43. The van der Waals surface area contributed by atoms with Gasteiger partial charge in [-0.05, 0) is 6.08 Å². The van der Waals surface area contributed by atoms with E-state index in [0.29, 0.717) is 5.69 Å². The standard InChI is InChI=1S/C5H5FN2O/c6-3-1-2-5-4-9-8-7-5/h1-2,4H,3H2. The van der Waals surface area contributed by atoms with Crippen LogP contribution in [0.4, 0.5) is 4.39 Å². The van der Waals surface area contributed by atoms with Gasteiger partial charge in [0.2, 0.25) is 0 Å². The minimum atomic E-state index is -0.493. The number of hydrogen-bond acceptors (Lipinski definition) is 3. The van der Waals surface area contributed by atoms with Gasteiger partial charge in [-0.3, -0.25) is 0 Å². The van der Waals surface area contributed by atoms with E-state index in [0.717, 1.165) is 0 Å². The van der Waals surface area contributed by atoms with Crippen molar-refractivity contribution in [1.29, 1.82) is 0 Å². The molecule has 9 heavy (non-hydrogen) atoms. The van der Waals surface area contributed by atoms with Crippen molar-refractivity contribution in [2.24, 2.45) is 0 Å². The predicted molar refractivity (Wildman–Crippen MR) is 29.3 cm³/mol. The van der Waals surface area contributed by atoms with Crippen molar-refractivity contribution in [3.63, 3.8) is 0 Å². The Hall–Kier alpha value is -1.19. The maximum Gasteiger partial charge on any atom is 0.151 e. The fourth-order valence-corrected chi connectivity index (χ4v) is 0.410. The van der Waals surface area contributed by atoms with Crippen molar-refractivity contribution in [2.45, 2.75) is 0 Å². The first-order chi connectivity index (χ1) is 4.43. The largest absolute Gasteiger partial charge is 0.345 e. The quantitative estimate of drug-likeness (QED) is 0.597. The maximum absolute atomic E-state index is 11.4. The second-order valence-corrected chi connectivity index (χ2v) is 1.39. The Morgan fingerprint density at radius 2 is 2.67 bits per heavy atom. The van der Waals surface area contributed by atoms with Crippen molar-refractivity contribution < 1.29 is 8.91 Å². The van der Waals surface area contributed by atoms with Crippen LogP contribution in [-0.2, 0) is 0 Å². The van der Waals surface area contributed by atoms with E-state index in [1.807, 2.05) is 0 Å². The zero-order valence-corrected chi connectivity index (χ0v) is 4.62. The molecule has 1 heterocycles. The average molecular weight is 128 g/mol. The lowest BCUT2D eigenvalue weighted by molar-refractivity contribution is 0.393. The highest BCUT2D eigenvalue weighted by Crippen LogP contribution is 1.93. The molecule has 3 nitrogen and oxygen atoms in total. The molecule has 0 aromatic carbocycles. The summed E-state index contributed by atoms with van der Waals surface area (Å²) in [6.45, 7) is -0.493. The van der Waals surface area contributed by atoms with E-state index in [1.54, 1.807) is 0 Å². The minimum absolute atomic E-state index is 0.493. The van der Waals surface area contributed by atoms with Crippen LogP contribution >= 0.6 is 0 Å². The molecule has 0 spiro atoms. The van der Waals surface area contributed by atoms with E-state index in [1.165, 1.54) is 18.4 Å². The summed E-state index contributed by atoms with van der Waals surface area (Å²) in [6.07, 6.45) is 4.17. The minimum Gasteiger partial charge on any atom is -0.345 e. The number of aromatic nitrogens is 2. The molecular formula is C5H5FN2O. The third-order valence-electron chi connectivity index (χ3n) is 0.755. The van der Waals surface area contributed by atoms with Crippen molar-refractivity contribution >= 4 is 6.08 Å². The molecule has 0 saturated carbocycles. The molecule has 48 valence electrons. The summed E-state index contributed by atoms with van der Waals surface area (Å²) < 4.78 is 15.8. The van der Waals surface area contributed by atoms with E-state index in [9.17, 15) is 4.39 Å². The third-order valence-corrected chi connectivity index (χ3v) is 0.755. The van der Waals surface area contributed by atoms with Crippen molar-refractivity contribution in [2.75, 3.05) is 6.67 Å². The normalized spacial score (nSPS) is 10.8. The van der Waals surface area contributed by atoms with Crippen molar-refractivity contribution in [3.05, 3.63) is 18.0 Å². The Morgan fingerprint density at radius 3 is 3.22 bits per heavy atom. The lowest BCUT2D eigenvalue weighted by Gasteiger charge is -1.72. The fourth-order valence-electron chi connectivity index (χ4n) is 0.410. The molecule has 0 bridgehead atoms. The number of halogens is 1. The summed E-state index contributed by atoms with van der Waals surface area (Å²) in [5, 5.41) is 6.66. The topological polar surface area (TPSA) is 38.9 Å². The Kier molecular flexibility index (Phi) is 1.95. The summed E-state index contributed by atoms with van der Waals surface area (Å²) in [5.74, 6) is 0. The van der Waals surface area contributed by atoms with Crippen molar-refractivity contribution in [1.82, 2.24) is 10.4 Å². The molecule has 4 heteroatoms. The first-order valence-corrected chi connectivity index (χ1v) is 2.43. The van der Waals surface area contributed by atoms with Crippen LogP contribution in [0, 0.1) is 0 Å². The van der Waals surface area contributed by atoms with E-state index in [2.05, 4.69) is 14.9 Å². The Labute approximate surface area is 51.2 Å². The number of rotatable bonds is 2. The molecule has 1 aromatic heterocycles. The summed E-state index contributed by atoms with van der Waals surface area (Å²) in [7, 11) is 0. The molecule has 1 rings (SSSR count). The zero-order chi connectivity index (χ0) is 6.53. The number of alkyl halides is 1. The Balaban J connectivity index is 2.57. The van der Waals surface area contributed by atoms with E-state index in [-0.39, 0.29) is 0 Å². The molecule has 0 amide bonds. The van der Waals surface area contributed by atoms with Gasteiger partial charge in [-0.25, -0.2) is 4.39 Å². The summed E-state index contributed by atoms with van der Waals surface area (Å²) >= 11 is 0. The van der Waals surface area contributed by atoms with Crippen LogP contribution in [-0.4, -0.2) is 17.0 Å². The smallest absolute Gasteiger partial charge is 0.151 e. The summed E-state index contributed by atoms with van der Waals surface area (Å²) in [6, 6.07) is 0. The van der Waals surface area contributed by atoms with E-state index < -0.39 is 6.67 Å². The number of allylic oxidation sites excluding steroid dienone is 1. The second-order valence-electron chi connectivity index (χ2n) is 1.39. The van der Waals surface area contributed by atoms with Crippen LogP contribution in [0.25, 0.3) is 6.08 Å². The molecule has 1 aromatic rings. The number of hydrogen-bond donors (Lipinski definition) is 0. The average Bonchev–Trinajstić information content (AvgIpc) is 2.34. The predicted octanol–water partition coefficient (Wildman–Crippen LogP) is 1.05. The fraction of sp³-hybridized carbons (Fsp3) is 0.200. The molecular weight excluding hydrogens is 123 g/mol. The molecule has 0 aliphatic carbocycles. The highest BCUT2D eigenvalue weighted by Gasteiger charge is 1.87. The summed E-state index contributed by atoms with van der Waals surface area (Å²) in [4.78, 5) is 0. The van der Waals surface area contributed by atoms with Gasteiger partial charge in [-0.2, -0.15) is 0 Å². The van der Waals surface area contributed by atoms with Gasteiger partial charge in [0, 0.05) is 5.27 Å². The van der Waals surface area contributed by atoms with E-state index >= 15 is 0 Å². The molecule has 0 unspecified atom stereocenters. The Bertz CT molecular complexity index is 183. The van der Waals surface area contributed by atoms with Crippen LogP contribution < -0.4 is 0 Å². The van der Waals surface area contributed by atoms with Gasteiger partial charge in [-0.15, -0.1) is 5.10 Å². The van der Waals surface area contributed by atoms with Gasteiger partial charge in [0.05, 0.1) is 0 Å². The van der Waals surface area contributed by atoms with Crippen LogP contribution in [0.2, 0.25) is 0 Å². The molecule has 0 aliphatic rings. The molecule has 0 fully saturated rings. The molecule has 0 saturated heterocycles. The Morgan fingerprint density at radius 1 is 1.78 bits per heavy atom. The van der Waals surface area contributed by atoms with Gasteiger partial charge in [0.15, 0.2) is 6.26 Å². The monoisotopic (exact) mass is 128 g/mol. The lowest BCUT2D eigenvalue weighted by Crippen LogP contribution is -1.70. The first kappa shape index (κ1) is 5.94. The van der Waals surface area contributed by atoms with E-state index in [4.69, 9.17) is 0 Å². The zero-order valence-electron chi connectivity index (χ0n) is 4.62. The van der Waals surface area contributed by atoms with Gasteiger partial charge in [0.25, 0.3) is 0 Å². The van der Waals surface area contributed by atoms with Crippen LogP contribution in [0.1, 0.15) is 5.69 Å². The maximum atomic E-state index is 11.4. The van der Waals surface area contributed by atoms with Crippen LogP contribution in [0.5, 0.6) is 0 Å². The van der Waals surface area contributed by atoms with Gasteiger partial charge >= 0.3 is 0 Å². The molecule has 0 atom stereocenters. The van der Waals surface area contributed by atoms with Gasteiger partial charge in [-0.1, -0.05) is 6.08 Å². The summed E-state index contributed by atoms with van der Waals surface area (Å²) in [5.41, 5.74) is 0.535. The van der Waals surface area contributed by atoms with Gasteiger partial charge in [0.1, 0.15) is 12.4 Å². The third kappa shape index (κ3) is 1.64. The second kappa shape index (κ2) is 2.96. The molecule has 0 aliphatic heterocycles. The van der Waals surface area contributed by atoms with Crippen LogP contribution in [0.15, 0.2) is 16.9 Å². The molecule has 0 radical (unpaired) electrons. The number of nitrogens with zero attached hydrogens (tertiary/aromatic N) is 2. The highest BCUT2D eigenvalue weighted by atomic mass is 19.1. The highest BCUT2D eigenvalue weighted by molar-refractivity contribution is 5.41. The van der Waals surface area contributed by atoms with Crippen molar-refractivity contribution in [3.8, 4) is 0 Å². The lowest BCUT2D eigenvalue weighted by atomic mass is 10.4.